The highest BCUT2D eigenvalue weighted by Crippen LogP contribution is 2.37. The molecule has 1 aliphatic carbocycles. The normalized spacial score (nSPS) is 18.7. The van der Waals surface area contributed by atoms with Crippen LogP contribution in [0.4, 0.5) is 19.0 Å². The molecule has 1 aliphatic heterocycles. The van der Waals surface area contributed by atoms with E-state index in [0.29, 0.717) is 12.4 Å². The van der Waals surface area contributed by atoms with Crippen molar-refractivity contribution >= 4 is 5.82 Å². The van der Waals surface area contributed by atoms with Gasteiger partial charge in [0.15, 0.2) is 0 Å². The van der Waals surface area contributed by atoms with E-state index in [0.717, 1.165) is 57.7 Å². The Morgan fingerprint density at radius 1 is 1.03 bits per heavy atom. The summed E-state index contributed by atoms with van der Waals surface area (Å²) in [6.07, 6.45) is 2.05. The van der Waals surface area contributed by atoms with Crippen LogP contribution in [0.25, 0.3) is 0 Å². The van der Waals surface area contributed by atoms with Crippen molar-refractivity contribution in [2.24, 2.45) is 0 Å². The molecule has 0 unspecified atom stereocenters. The van der Waals surface area contributed by atoms with Crippen molar-refractivity contribution in [3.63, 3.8) is 0 Å². The zero-order valence-electron chi connectivity index (χ0n) is 16.1. The maximum Gasteiger partial charge on any atom is 0.433 e. The van der Waals surface area contributed by atoms with Crippen molar-refractivity contribution in [3.8, 4) is 0 Å². The van der Waals surface area contributed by atoms with Crippen LogP contribution in [0.15, 0.2) is 41.6 Å². The predicted molar refractivity (Wildman–Crippen MR) is 103 cm³/mol. The molecule has 3 heterocycles. The first kappa shape index (κ1) is 19.9. The Kier molecular flexibility index (Phi) is 5.58. The number of piperidine rings is 1. The molecule has 2 aromatic heterocycles. The molecule has 2 aliphatic rings. The van der Waals surface area contributed by atoms with Gasteiger partial charge in [0.2, 0.25) is 0 Å². The van der Waals surface area contributed by atoms with Crippen molar-refractivity contribution in [1.29, 1.82) is 0 Å². The highest BCUT2D eigenvalue weighted by atomic mass is 19.4. The first-order valence-corrected chi connectivity index (χ1v) is 9.97. The van der Waals surface area contributed by atoms with Crippen molar-refractivity contribution < 1.29 is 13.2 Å². The summed E-state index contributed by atoms with van der Waals surface area (Å²) in [7, 11) is 0. The summed E-state index contributed by atoms with van der Waals surface area (Å²) in [4.78, 5) is 23.8. The molecular weight excluding hydrogens is 383 g/mol. The van der Waals surface area contributed by atoms with Crippen LogP contribution in [0, 0.1) is 0 Å². The molecule has 0 aromatic carbocycles. The molecule has 0 amide bonds. The molecule has 0 atom stereocenters. The molecule has 6 nitrogen and oxygen atoms in total. The average molecular weight is 407 g/mol. The number of nitrogens with zero attached hydrogens (tertiary/aromatic N) is 5. The third-order valence-corrected chi connectivity index (χ3v) is 5.65. The third kappa shape index (κ3) is 4.77. The first-order chi connectivity index (χ1) is 13.9. The number of aromatic nitrogens is 3. The van der Waals surface area contributed by atoms with E-state index >= 15 is 0 Å². The standard InChI is InChI=1S/C20H24F3N5O/c21-20(22,23)17-13-18(25-14-24-17)28(15-4-5-15)16-6-9-26(10-7-16)11-12-27-8-2-1-3-19(27)29/h1-3,8,13-16H,4-7,9-12H2. The summed E-state index contributed by atoms with van der Waals surface area (Å²) in [6.45, 7) is 3.13. The summed E-state index contributed by atoms with van der Waals surface area (Å²) in [6, 6.07) is 6.65. The topological polar surface area (TPSA) is 54.3 Å². The predicted octanol–water partition coefficient (Wildman–Crippen LogP) is 2.79. The van der Waals surface area contributed by atoms with Gasteiger partial charge in [-0.15, -0.1) is 0 Å². The Hall–Kier alpha value is -2.42. The SMILES string of the molecule is O=c1ccccn1CCN1CCC(N(c2cc(C(F)(F)F)ncn2)C2CC2)CC1. The van der Waals surface area contributed by atoms with Crippen molar-refractivity contribution in [1.82, 2.24) is 19.4 Å². The van der Waals surface area contributed by atoms with E-state index in [1.165, 1.54) is 0 Å². The highest BCUT2D eigenvalue weighted by molar-refractivity contribution is 5.44. The van der Waals surface area contributed by atoms with Crippen LogP contribution >= 0.6 is 0 Å². The number of likely N-dealkylation sites (tertiary alicyclic amines) is 1. The van der Waals surface area contributed by atoms with Gasteiger partial charge in [0.1, 0.15) is 17.8 Å². The molecule has 4 rings (SSSR count). The van der Waals surface area contributed by atoms with Crippen molar-refractivity contribution in [2.75, 3.05) is 24.5 Å². The van der Waals surface area contributed by atoms with Gasteiger partial charge < -0.3 is 14.4 Å². The molecular formula is C20H24F3N5O. The summed E-state index contributed by atoms with van der Waals surface area (Å²) in [5, 5.41) is 0. The minimum Gasteiger partial charge on any atom is -0.350 e. The third-order valence-electron chi connectivity index (χ3n) is 5.65. The molecule has 0 radical (unpaired) electrons. The summed E-state index contributed by atoms with van der Waals surface area (Å²) >= 11 is 0. The van der Waals surface area contributed by atoms with E-state index < -0.39 is 11.9 Å². The number of hydrogen-bond acceptors (Lipinski definition) is 5. The minimum absolute atomic E-state index is 0.00785. The average Bonchev–Trinajstić information content (AvgIpc) is 3.53. The summed E-state index contributed by atoms with van der Waals surface area (Å²) < 4.78 is 40.9. The van der Waals surface area contributed by atoms with Gasteiger partial charge in [-0.3, -0.25) is 4.79 Å². The summed E-state index contributed by atoms with van der Waals surface area (Å²) in [5.41, 5.74) is -0.898. The van der Waals surface area contributed by atoms with Crippen LogP contribution in [-0.2, 0) is 12.7 Å². The molecule has 0 bridgehead atoms. The number of alkyl halides is 3. The minimum atomic E-state index is -4.47. The van der Waals surface area contributed by atoms with Gasteiger partial charge in [-0.1, -0.05) is 6.07 Å². The quantitative estimate of drug-likeness (QED) is 0.737. The van der Waals surface area contributed by atoms with E-state index in [2.05, 4.69) is 19.8 Å². The zero-order valence-corrected chi connectivity index (χ0v) is 16.1. The Bertz CT molecular complexity index is 888. The van der Waals surface area contributed by atoms with E-state index in [4.69, 9.17) is 0 Å². The molecule has 9 heteroatoms. The van der Waals surface area contributed by atoms with Crippen LogP contribution in [0.1, 0.15) is 31.4 Å². The Balaban J connectivity index is 1.39. The maximum absolute atomic E-state index is 13.1. The lowest BCUT2D eigenvalue weighted by Crippen LogP contribution is -2.47. The van der Waals surface area contributed by atoms with Crippen LogP contribution in [0.3, 0.4) is 0 Å². The van der Waals surface area contributed by atoms with Gasteiger partial charge >= 0.3 is 6.18 Å². The fourth-order valence-electron chi connectivity index (χ4n) is 3.98. The van der Waals surface area contributed by atoms with E-state index in [9.17, 15) is 18.0 Å². The second kappa shape index (κ2) is 8.14. The van der Waals surface area contributed by atoms with Crippen molar-refractivity contribution in [2.45, 2.75) is 50.5 Å². The van der Waals surface area contributed by atoms with Gasteiger partial charge in [0.25, 0.3) is 5.56 Å². The number of anilines is 1. The first-order valence-electron chi connectivity index (χ1n) is 9.97. The Labute approximate surface area is 167 Å². The number of pyridine rings is 1. The lowest BCUT2D eigenvalue weighted by Gasteiger charge is -2.39. The van der Waals surface area contributed by atoms with Gasteiger partial charge in [-0.25, -0.2) is 9.97 Å². The fourth-order valence-corrected chi connectivity index (χ4v) is 3.98. The molecule has 1 saturated heterocycles. The largest absolute Gasteiger partial charge is 0.433 e. The van der Waals surface area contributed by atoms with Gasteiger partial charge in [-0.05, 0) is 31.7 Å². The van der Waals surface area contributed by atoms with Crippen LogP contribution in [0.5, 0.6) is 0 Å². The van der Waals surface area contributed by atoms with Gasteiger partial charge in [0, 0.05) is 56.6 Å². The zero-order chi connectivity index (χ0) is 20.4. The second-order valence-electron chi connectivity index (χ2n) is 7.70. The number of halogens is 3. The molecule has 29 heavy (non-hydrogen) atoms. The van der Waals surface area contributed by atoms with Gasteiger partial charge in [-0.2, -0.15) is 13.2 Å². The number of rotatable bonds is 6. The smallest absolute Gasteiger partial charge is 0.350 e. The molecule has 1 saturated carbocycles. The fraction of sp³-hybridized carbons (Fsp3) is 0.550. The van der Waals surface area contributed by atoms with Crippen LogP contribution in [-0.4, -0.2) is 51.2 Å². The Morgan fingerprint density at radius 3 is 2.41 bits per heavy atom. The van der Waals surface area contributed by atoms with E-state index in [-0.39, 0.29) is 17.6 Å². The highest BCUT2D eigenvalue weighted by Gasteiger charge is 2.38. The van der Waals surface area contributed by atoms with Crippen LogP contribution < -0.4 is 10.5 Å². The molecule has 2 fully saturated rings. The van der Waals surface area contributed by atoms with Crippen LogP contribution in [0.2, 0.25) is 0 Å². The molecule has 156 valence electrons. The maximum atomic E-state index is 13.1. The summed E-state index contributed by atoms with van der Waals surface area (Å²) in [5.74, 6) is 0.379. The molecule has 2 aromatic rings. The number of hydrogen-bond donors (Lipinski definition) is 0. The molecule has 0 N–H and O–H groups in total. The monoisotopic (exact) mass is 407 g/mol. The molecule has 0 spiro atoms. The lowest BCUT2D eigenvalue weighted by atomic mass is 10.0. The van der Waals surface area contributed by atoms with E-state index in [1.807, 2.05) is 6.07 Å². The lowest BCUT2D eigenvalue weighted by molar-refractivity contribution is -0.141. The second-order valence-corrected chi connectivity index (χ2v) is 7.70. The van der Waals surface area contributed by atoms with E-state index in [1.54, 1.807) is 22.9 Å². The van der Waals surface area contributed by atoms with Crippen molar-refractivity contribution in [3.05, 3.63) is 52.8 Å². The van der Waals surface area contributed by atoms with Gasteiger partial charge in [0.05, 0.1) is 0 Å². The Morgan fingerprint density at radius 2 is 1.76 bits per heavy atom.